The fourth-order valence-electron chi connectivity index (χ4n) is 2.55. The Bertz CT molecular complexity index is 709. The topological polar surface area (TPSA) is 77.4 Å². The molecule has 3 rings (SSSR count). The van der Waals surface area contributed by atoms with Crippen molar-refractivity contribution in [2.45, 2.75) is 6.92 Å². The standard InChI is InChI=1S/C14H12N2O4/c1-7-3-5-15-10-9(7)13(18)11-8(12(10)17)4-6-16(11)14(19)20-2/h3-7,15H,1-2H3. The number of rotatable bonds is 0. The second kappa shape index (κ2) is 4.19. The van der Waals surface area contributed by atoms with Gasteiger partial charge in [-0.3, -0.25) is 9.59 Å². The molecule has 1 N–H and O–H groups in total. The van der Waals surface area contributed by atoms with Crippen molar-refractivity contribution in [1.82, 2.24) is 9.88 Å². The highest BCUT2D eigenvalue weighted by molar-refractivity contribution is 6.27. The van der Waals surface area contributed by atoms with E-state index in [2.05, 4.69) is 10.1 Å². The van der Waals surface area contributed by atoms with Crippen molar-refractivity contribution in [3.63, 3.8) is 0 Å². The van der Waals surface area contributed by atoms with Crippen LogP contribution in [-0.2, 0) is 4.74 Å². The van der Waals surface area contributed by atoms with Gasteiger partial charge in [-0.2, -0.15) is 0 Å². The Morgan fingerprint density at radius 3 is 2.80 bits per heavy atom. The fraction of sp³-hybridized carbons (Fsp3) is 0.214. The SMILES string of the molecule is COC(=O)n1ccc2c1C(=O)C1=C(NC=CC1C)C2=O. The van der Waals surface area contributed by atoms with Gasteiger partial charge in [-0.15, -0.1) is 0 Å². The number of dihydropyridines is 1. The van der Waals surface area contributed by atoms with E-state index in [4.69, 9.17) is 0 Å². The molecule has 1 aromatic rings. The quantitative estimate of drug-likeness (QED) is 0.774. The van der Waals surface area contributed by atoms with Crippen LogP contribution in [-0.4, -0.2) is 29.3 Å². The summed E-state index contributed by atoms with van der Waals surface area (Å²) in [6, 6.07) is 1.46. The van der Waals surface area contributed by atoms with Crippen LogP contribution in [0.15, 0.2) is 35.8 Å². The highest BCUT2D eigenvalue weighted by atomic mass is 16.5. The highest BCUT2D eigenvalue weighted by Gasteiger charge is 2.38. The van der Waals surface area contributed by atoms with E-state index in [0.717, 1.165) is 4.57 Å². The first-order chi connectivity index (χ1) is 9.56. The third-order valence-electron chi connectivity index (χ3n) is 3.53. The Labute approximate surface area is 114 Å². The molecule has 20 heavy (non-hydrogen) atoms. The van der Waals surface area contributed by atoms with Gasteiger partial charge in [0.2, 0.25) is 11.6 Å². The number of hydrogen-bond donors (Lipinski definition) is 1. The minimum absolute atomic E-state index is 0.0737. The molecule has 0 saturated heterocycles. The molecule has 1 aliphatic heterocycles. The molecule has 0 fully saturated rings. The molecule has 2 aliphatic rings. The molecule has 102 valence electrons. The Morgan fingerprint density at radius 1 is 1.35 bits per heavy atom. The molecule has 2 heterocycles. The first kappa shape index (κ1) is 12.4. The molecule has 0 aromatic carbocycles. The lowest BCUT2D eigenvalue weighted by atomic mass is 9.84. The summed E-state index contributed by atoms with van der Waals surface area (Å²) in [5, 5.41) is 2.83. The van der Waals surface area contributed by atoms with Gasteiger partial charge >= 0.3 is 6.09 Å². The molecular weight excluding hydrogens is 260 g/mol. The zero-order valence-corrected chi connectivity index (χ0v) is 11.0. The van der Waals surface area contributed by atoms with E-state index >= 15 is 0 Å². The number of fused-ring (bicyclic) bond motifs is 1. The Kier molecular flexibility index (Phi) is 2.60. The van der Waals surface area contributed by atoms with E-state index in [1.807, 2.05) is 6.92 Å². The van der Waals surface area contributed by atoms with Gasteiger partial charge in [0.05, 0.1) is 18.4 Å². The number of methoxy groups -OCH3 is 1. The van der Waals surface area contributed by atoms with Gasteiger partial charge in [0.1, 0.15) is 5.69 Å². The first-order valence-electron chi connectivity index (χ1n) is 6.12. The Balaban J connectivity index is 2.20. The van der Waals surface area contributed by atoms with Gasteiger partial charge in [-0.25, -0.2) is 9.36 Å². The Hall–Kier alpha value is -2.63. The summed E-state index contributed by atoms with van der Waals surface area (Å²) >= 11 is 0. The lowest BCUT2D eigenvalue weighted by Crippen LogP contribution is -2.34. The van der Waals surface area contributed by atoms with Gasteiger partial charge in [-0.1, -0.05) is 13.0 Å². The lowest BCUT2D eigenvalue weighted by molar-refractivity contribution is 0.0955. The zero-order valence-electron chi connectivity index (χ0n) is 11.0. The monoisotopic (exact) mass is 272 g/mol. The van der Waals surface area contributed by atoms with Crippen LogP contribution < -0.4 is 5.32 Å². The molecule has 1 atom stereocenters. The summed E-state index contributed by atoms with van der Waals surface area (Å²) in [6.07, 6.45) is 4.13. The van der Waals surface area contributed by atoms with Crippen molar-refractivity contribution in [2.24, 2.45) is 5.92 Å². The predicted octanol–water partition coefficient (Wildman–Crippen LogP) is 1.49. The van der Waals surface area contributed by atoms with Crippen molar-refractivity contribution in [3.05, 3.63) is 47.1 Å². The molecule has 0 amide bonds. The number of aromatic nitrogens is 1. The number of ketones is 2. The van der Waals surface area contributed by atoms with Crippen molar-refractivity contribution >= 4 is 17.7 Å². The normalized spacial score (nSPS) is 20.4. The molecule has 0 spiro atoms. The molecule has 1 unspecified atom stereocenters. The highest BCUT2D eigenvalue weighted by Crippen LogP contribution is 2.32. The van der Waals surface area contributed by atoms with Crippen LogP contribution in [0.25, 0.3) is 0 Å². The van der Waals surface area contributed by atoms with Gasteiger partial charge < -0.3 is 10.1 Å². The summed E-state index contributed by atoms with van der Waals surface area (Å²) in [5.41, 5.74) is 0.965. The summed E-state index contributed by atoms with van der Waals surface area (Å²) in [5.74, 6) is -0.792. The maximum Gasteiger partial charge on any atom is 0.418 e. The van der Waals surface area contributed by atoms with Gasteiger partial charge in [0, 0.05) is 17.7 Å². The van der Waals surface area contributed by atoms with Gasteiger partial charge in [-0.05, 0) is 12.3 Å². The molecular formula is C14H12N2O4. The number of hydrogen-bond acceptors (Lipinski definition) is 5. The number of nitrogens with one attached hydrogen (secondary N) is 1. The minimum Gasteiger partial charge on any atom is -0.452 e. The van der Waals surface area contributed by atoms with E-state index in [-0.39, 0.29) is 28.7 Å². The lowest BCUT2D eigenvalue weighted by Gasteiger charge is -2.25. The van der Waals surface area contributed by atoms with Crippen molar-refractivity contribution in [1.29, 1.82) is 0 Å². The molecule has 1 aromatic heterocycles. The minimum atomic E-state index is -0.691. The number of allylic oxidation sites excluding steroid dienone is 3. The number of Topliss-reactive ketones (excluding diaryl/α,β-unsaturated/α-hetero) is 2. The van der Waals surface area contributed by atoms with E-state index < -0.39 is 6.09 Å². The number of nitrogens with zero attached hydrogens (tertiary/aromatic N) is 1. The van der Waals surface area contributed by atoms with Crippen molar-refractivity contribution in [2.75, 3.05) is 7.11 Å². The zero-order chi connectivity index (χ0) is 14.4. The van der Waals surface area contributed by atoms with Crippen LogP contribution in [0, 0.1) is 5.92 Å². The molecule has 6 nitrogen and oxygen atoms in total. The second-order valence-corrected chi connectivity index (χ2v) is 4.66. The maximum atomic E-state index is 12.6. The van der Waals surface area contributed by atoms with E-state index in [0.29, 0.717) is 11.3 Å². The third-order valence-corrected chi connectivity index (χ3v) is 3.53. The molecule has 0 bridgehead atoms. The van der Waals surface area contributed by atoms with Crippen LogP contribution in [0.2, 0.25) is 0 Å². The largest absolute Gasteiger partial charge is 0.452 e. The van der Waals surface area contributed by atoms with E-state index in [1.54, 1.807) is 12.3 Å². The molecule has 0 radical (unpaired) electrons. The van der Waals surface area contributed by atoms with Crippen LogP contribution in [0.5, 0.6) is 0 Å². The molecule has 0 saturated carbocycles. The van der Waals surface area contributed by atoms with Crippen LogP contribution in [0.4, 0.5) is 4.79 Å². The Morgan fingerprint density at radius 2 is 2.10 bits per heavy atom. The summed E-state index contributed by atoms with van der Waals surface area (Å²) in [7, 11) is 1.22. The first-order valence-corrected chi connectivity index (χ1v) is 6.12. The van der Waals surface area contributed by atoms with Crippen LogP contribution in [0.3, 0.4) is 0 Å². The van der Waals surface area contributed by atoms with Gasteiger partial charge in [0.25, 0.3) is 0 Å². The van der Waals surface area contributed by atoms with Crippen LogP contribution in [0.1, 0.15) is 27.8 Å². The predicted molar refractivity (Wildman–Crippen MR) is 69.4 cm³/mol. The average molecular weight is 272 g/mol. The summed E-state index contributed by atoms with van der Waals surface area (Å²) in [6.45, 7) is 1.83. The third kappa shape index (κ3) is 1.48. The summed E-state index contributed by atoms with van der Waals surface area (Å²) < 4.78 is 5.70. The maximum absolute atomic E-state index is 12.6. The summed E-state index contributed by atoms with van der Waals surface area (Å²) in [4.78, 5) is 36.7. The number of carbonyl (C=O) groups excluding carboxylic acids is 3. The molecule has 1 aliphatic carbocycles. The van der Waals surface area contributed by atoms with Crippen molar-refractivity contribution < 1.29 is 19.1 Å². The van der Waals surface area contributed by atoms with Crippen LogP contribution >= 0.6 is 0 Å². The fourth-order valence-corrected chi connectivity index (χ4v) is 2.55. The van der Waals surface area contributed by atoms with Gasteiger partial charge in [0.15, 0.2) is 0 Å². The second-order valence-electron chi connectivity index (χ2n) is 4.66. The average Bonchev–Trinajstić information content (AvgIpc) is 2.89. The molecule has 6 heteroatoms. The smallest absolute Gasteiger partial charge is 0.418 e. The van der Waals surface area contributed by atoms with E-state index in [1.165, 1.54) is 19.4 Å². The number of ether oxygens (including phenoxy) is 1. The number of carbonyl (C=O) groups is 3. The van der Waals surface area contributed by atoms with Crippen molar-refractivity contribution in [3.8, 4) is 0 Å². The van der Waals surface area contributed by atoms with E-state index in [9.17, 15) is 14.4 Å².